The number of aryl methyl sites for hydroxylation is 1. The molecule has 0 radical (unpaired) electrons. The zero-order valence-electron chi connectivity index (χ0n) is 14.2. The Morgan fingerprint density at radius 2 is 1.76 bits per heavy atom. The van der Waals surface area contributed by atoms with Crippen LogP contribution >= 0.6 is 0 Å². The predicted octanol–water partition coefficient (Wildman–Crippen LogP) is 3.21. The Kier molecular flexibility index (Phi) is 6.62. The number of halogens is 1. The monoisotopic (exact) mass is 296 g/mol. The van der Waals surface area contributed by atoms with Crippen LogP contribution in [0.4, 0.5) is 10.1 Å². The molecule has 1 N–H and O–H groups in total. The molecule has 0 saturated carbocycles. The molecule has 1 atom stereocenters. The number of aliphatic hydroxyl groups is 1. The van der Waals surface area contributed by atoms with Gasteiger partial charge in [-0.05, 0) is 51.6 Å². The van der Waals surface area contributed by atoms with Gasteiger partial charge in [0.25, 0.3) is 0 Å². The zero-order chi connectivity index (χ0) is 16.2. The van der Waals surface area contributed by atoms with Gasteiger partial charge in [-0.3, -0.25) is 0 Å². The fourth-order valence-corrected chi connectivity index (χ4v) is 2.36. The van der Waals surface area contributed by atoms with Gasteiger partial charge in [0.05, 0.1) is 6.10 Å². The lowest BCUT2D eigenvalue weighted by Gasteiger charge is -2.31. The van der Waals surface area contributed by atoms with Crippen LogP contribution in [0.25, 0.3) is 0 Å². The van der Waals surface area contributed by atoms with E-state index in [0.29, 0.717) is 17.0 Å². The molecule has 1 aromatic rings. The summed E-state index contributed by atoms with van der Waals surface area (Å²) in [5, 5.41) is 9.98. The molecule has 0 aromatic heterocycles. The average molecular weight is 296 g/mol. The van der Waals surface area contributed by atoms with E-state index in [1.165, 1.54) is 6.07 Å². The van der Waals surface area contributed by atoms with Crippen molar-refractivity contribution < 1.29 is 9.50 Å². The highest BCUT2D eigenvalue weighted by Crippen LogP contribution is 2.30. The van der Waals surface area contributed by atoms with Crippen molar-refractivity contribution >= 4 is 5.69 Å². The molecule has 21 heavy (non-hydrogen) atoms. The van der Waals surface area contributed by atoms with E-state index in [9.17, 15) is 9.50 Å². The van der Waals surface area contributed by atoms with Gasteiger partial charge in [0, 0.05) is 30.9 Å². The summed E-state index contributed by atoms with van der Waals surface area (Å²) < 4.78 is 13.8. The number of rotatable bonds is 7. The summed E-state index contributed by atoms with van der Waals surface area (Å²) in [5.41, 5.74) is 2.23. The smallest absolute Gasteiger partial charge is 0.126 e. The molecule has 3 nitrogen and oxygen atoms in total. The van der Waals surface area contributed by atoms with Gasteiger partial charge in [-0.1, -0.05) is 13.8 Å². The Balaban J connectivity index is 3.17. The van der Waals surface area contributed by atoms with Gasteiger partial charge < -0.3 is 14.9 Å². The highest BCUT2D eigenvalue weighted by atomic mass is 19.1. The Labute approximate surface area is 128 Å². The highest BCUT2D eigenvalue weighted by Gasteiger charge is 2.18. The Bertz CT molecular complexity index is 458. The first-order chi connectivity index (χ1) is 9.72. The molecule has 1 aromatic carbocycles. The summed E-state index contributed by atoms with van der Waals surface area (Å²) in [4.78, 5) is 4.38. The van der Waals surface area contributed by atoms with E-state index in [4.69, 9.17) is 0 Å². The Morgan fingerprint density at radius 3 is 2.24 bits per heavy atom. The molecule has 1 unspecified atom stereocenters. The van der Waals surface area contributed by atoms with Gasteiger partial charge in [0.2, 0.25) is 0 Å². The van der Waals surface area contributed by atoms with Crippen molar-refractivity contribution in [1.29, 1.82) is 0 Å². The quantitative estimate of drug-likeness (QED) is 0.837. The molecule has 1 rings (SSSR count). The van der Waals surface area contributed by atoms with Crippen LogP contribution in [0.3, 0.4) is 0 Å². The van der Waals surface area contributed by atoms with E-state index in [2.05, 4.69) is 23.6 Å². The summed E-state index contributed by atoms with van der Waals surface area (Å²) in [5.74, 6) is 0.242. The lowest BCUT2D eigenvalue weighted by atomic mass is 10.0. The molecular weight excluding hydrogens is 267 g/mol. The Hall–Kier alpha value is -1.13. The molecule has 0 saturated heterocycles. The lowest BCUT2D eigenvalue weighted by molar-refractivity contribution is 0.199. The fraction of sp³-hybridized carbons (Fsp3) is 0.647. The maximum atomic E-state index is 13.8. The largest absolute Gasteiger partial charge is 0.389 e. The van der Waals surface area contributed by atoms with Crippen LogP contribution in [0.15, 0.2) is 12.1 Å². The molecule has 0 spiro atoms. The van der Waals surface area contributed by atoms with Crippen molar-refractivity contribution in [3.63, 3.8) is 0 Å². The summed E-state index contributed by atoms with van der Waals surface area (Å²) in [6, 6.07) is 3.33. The number of aliphatic hydroxyl groups excluding tert-OH is 1. The Morgan fingerprint density at radius 1 is 1.14 bits per heavy atom. The SMILES string of the molecule is Cc1cc(N(CCN(C)C)CC(C)C)c(C(C)O)cc1F. The van der Waals surface area contributed by atoms with Crippen LogP contribution in [0.1, 0.15) is 38.0 Å². The van der Waals surface area contributed by atoms with Crippen LogP contribution in [0.5, 0.6) is 0 Å². The van der Waals surface area contributed by atoms with Gasteiger partial charge in [-0.25, -0.2) is 4.39 Å². The van der Waals surface area contributed by atoms with Crippen molar-refractivity contribution in [2.45, 2.75) is 33.8 Å². The third kappa shape index (κ3) is 5.29. The number of hydrogen-bond acceptors (Lipinski definition) is 3. The normalized spacial score (nSPS) is 13.0. The first-order valence-electron chi connectivity index (χ1n) is 7.60. The molecule has 0 aliphatic carbocycles. The van der Waals surface area contributed by atoms with E-state index in [0.717, 1.165) is 25.3 Å². The molecule has 120 valence electrons. The molecule has 0 heterocycles. The third-order valence-corrected chi connectivity index (χ3v) is 3.50. The first-order valence-corrected chi connectivity index (χ1v) is 7.60. The van der Waals surface area contributed by atoms with E-state index in [-0.39, 0.29) is 5.82 Å². The summed E-state index contributed by atoms with van der Waals surface area (Å²) in [6.07, 6.45) is -0.677. The van der Waals surface area contributed by atoms with Gasteiger partial charge >= 0.3 is 0 Å². The standard InChI is InChI=1S/C17H29FN2O/c1-12(2)11-20(8-7-19(5)6)17-9-13(3)16(18)10-15(17)14(4)21/h9-10,12,14,21H,7-8,11H2,1-6H3. The van der Waals surface area contributed by atoms with Crippen LogP contribution in [-0.2, 0) is 0 Å². The number of anilines is 1. The van der Waals surface area contributed by atoms with Crippen molar-refractivity contribution in [3.05, 3.63) is 29.1 Å². The average Bonchev–Trinajstić information content (AvgIpc) is 2.36. The van der Waals surface area contributed by atoms with Crippen LogP contribution in [0.2, 0.25) is 0 Å². The first kappa shape index (κ1) is 17.9. The van der Waals surface area contributed by atoms with Crippen molar-refractivity contribution in [1.82, 2.24) is 4.90 Å². The minimum atomic E-state index is -0.677. The van der Waals surface area contributed by atoms with Crippen molar-refractivity contribution in [2.24, 2.45) is 5.92 Å². The topological polar surface area (TPSA) is 26.7 Å². The van der Waals surface area contributed by atoms with Crippen LogP contribution < -0.4 is 4.90 Å². The number of benzene rings is 1. The van der Waals surface area contributed by atoms with Crippen molar-refractivity contribution in [3.8, 4) is 0 Å². The third-order valence-electron chi connectivity index (χ3n) is 3.50. The van der Waals surface area contributed by atoms with Crippen LogP contribution in [0, 0.1) is 18.7 Å². The van der Waals surface area contributed by atoms with E-state index < -0.39 is 6.10 Å². The maximum absolute atomic E-state index is 13.8. The van der Waals surface area contributed by atoms with Gasteiger partial charge in [-0.15, -0.1) is 0 Å². The van der Waals surface area contributed by atoms with E-state index >= 15 is 0 Å². The van der Waals surface area contributed by atoms with E-state index in [1.807, 2.05) is 20.2 Å². The second-order valence-electron chi connectivity index (χ2n) is 6.48. The minimum Gasteiger partial charge on any atom is -0.389 e. The molecule has 0 bridgehead atoms. The summed E-state index contributed by atoms with van der Waals surface area (Å²) >= 11 is 0. The summed E-state index contributed by atoms with van der Waals surface area (Å²) in [7, 11) is 4.08. The highest BCUT2D eigenvalue weighted by molar-refractivity contribution is 5.57. The molecule has 0 aliphatic rings. The fourth-order valence-electron chi connectivity index (χ4n) is 2.36. The molecule has 0 amide bonds. The predicted molar refractivity (Wildman–Crippen MR) is 87.4 cm³/mol. The summed E-state index contributed by atoms with van der Waals surface area (Å²) in [6.45, 7) is 10.5. The van der Waals surface area contributed by atoms with Gasteiger partial charge in [0.1, 0.15) is 5.82 Å². The maximum Gasteiger partial charge on any atom is 0.126 e. The van der Waals surface area contributed by atoms with Gasteiger partial charge in [0.15, 0.2) is 0 Å². The second-order valence-corrected chi connectivity index (χ2v) is 6.48. The van der Waals surface area contributed by atoms with Crippen LogP contribution in [-0.4, -0.2) is 43.7 Å². The molecule has 0 fully saturated rings. The minimum absolute atomic E-state index is 0.258. The number of hydrogen-bond donors (Lipinski definition) is 1. The number of likely N-dealkylation sites (N-methyl/N-ethyl adjacent to an activating group) is 1. The molecule has 0 aliphatic heterocycles. The van der Waals surface area contributed by atoms with E-state index in [1.54, 1.807) is 13.8 Å². The number of nitrogens with zero attached hydrogens (tertiary/aromatic N) is 2. The second kappa shape index (κ2) is 7.76. The molecular formula is C17H29FN2O. The lowest BCUT2D eigenvalue weighted by Crippen LogP contribution is -2.35. The van der Waals surface area contributed by atoms with Gasteiger partial charge in [-0.2, -0.15) is 0 Å². The van der Waals surface area contributed by atoms with Crippen molar-refractivity contribution in [2.75, 3.05) is 38.6 Å². The molecule has 4 heteroatoms. The zero-order valence-corrected chi connectivity index (χ0v) is 14.2.